The first-order chi connectivity index (χ1) is 13.7. The zero-order valence-corrected chi connectivity index (χ0v) is 17.1. The van der Waals surface area contributed by atoms with Gasteiger partial charge in [0, 0.05) is 49.1 Å². The maximum atomic E-state index is 5.65. The Morgan fingerprint density at radius 3 is 2.86 bits per heavy atom. The van der Waals surface area contributed by atoms with Crippen molar-refractivity contribution in [2.45, 2.75) is 44.8 Å². The van der Waals surface area contributed by atoms with Crippen LogP contribution >= 0.6 is 0 Å². The van der Waals surface area contributed by atoms with Crippen LogP contribution in [0.4, 0.5) is 0 Å². The Kier molecular flexibility index (Phi) is 5.78. The Labute approximate surface area is 167 Å². The van der Waals surface area contributed by atoms with Crippen molar-refractivity contribution in [2.75, 3.05) is 34.4 Å². The molecule has 0 N–H and O–H groups in total. The largest absolute Gasteiger partial charge is 0.493 e. The molecule has 0 bridgehead atoms. The van der Waals surface area contributed by atoms with E-state index in [2.05, 4.69) is 22.9 Å². The number of fused-ring (bicyclic) bond motifs is 1. The fourth-order valence-electron chi connectivity index (χ4n) is 4.40. The van der Waals surface area contributed by atoms with Crippen LogP contribution in [0.25, 0.3) is 0 Å². The van der Waals surface area contributed by atoms with Crippen molar-refractivity contribution in [1.82, 2.24) is 19.8 Å². The molecule has 1 fully saturated rings. The molecule has 1 unspecified atom stereocenters. The number of piperidine rings is 1. The van der Waals surface area contributed by atoms with Gasteiger partial charge in [-0.2, -0.15) is 0 Å². The predicted octanol–water partition coefficient (Wildman–Crippen LogP) is 3.21. The van der Waals surface area contributed by atoms with Crippen LogP contribution in [-0.4, -0.2) is 54.1 Å². The highest BCUT2D eigenvalue weighted by atomic mass is 16.5. The minimum absolute atomic E-state index is 0.259. The summed E-state index contributed by atoms with van der Waals surface area (Å²) in [4.78, 5) is 14.6. The molecule has 6 nitrogen and oxygen atoms in total. The first-order valence-corrected chi connectivity index (χ1v) is 10.2. The summed E-state index contributed by atoms with van der Waals surface area (Å²) < 4.78 is 11.1. The monoisotopic (exact) mass is 382 g/mol. The van der Waals surface area contributed by atoms with Crippen molar-refractivity contribution in [3.63, 3.8) is 0 Å². The molecule has 6 heteroatoms. The molecule has 1 saturated heterocycles. The lowest BCUT2D eigenvalue weighted by Crippen LogP contribution is -2.35. The van der Waals surface area contributed by atoms with Crippen LogP contribution < -0.4 is 9.47 Å². The van der Waals surface area contributed by atoms with Gasteiger partial charge in [0.1, 0.15) is 5.82 Å². The third kappa shape index (κ3) is 3.84. The molecule has 150 valence electrons. The fourth-order valence-corrected chi connectivity index (χ4v) is 4.40. The summed E-state index contributed by atoms with van der Waals surface area (Å²) in [7, 11) is 5.55. The Balaban J connectivity index is 1.59. The number of benzene rings is 1. The first kappa shape index (κ1) is 19.2. The van der Waals surface area contributed by atoms with E-state index in [-0.39, 0.29) is 6.04 Å². The molecule has 1 aromatic heterocycles. The van der Waals surface area contributed by atoms with Crippen LogP contribution in [0.5, 0.6) is 11.5 Å². The van der Waals surface area contributed by atoms with Gasteiger partial charge in [0.15, 0.2) is 11.5 Å². The number of rotatable bonds is 5. The highest BCUT2D eigenvalue weighted by molar-refractivity contribution is 5.46. The standard InChI is InChI=1S/C22H30N4O2/c1-25-12-10-18-17(14-25)13-23-22(24-18)19-8-4-5-11-26(19)15-16-7-6-9-20(27-2)21(16)28-3/h6-7,9,13,19H,4-5,8,10-12,14-15H2,1-3H3. The molecule has 2 aliphatic heterocycles. The molecular weight excluding hydrogens is 352 g/mol. The fraction of sp³-hybridized carbons (Fsp3) is 0.545. The summed E-state index contributed by atoms with van der Waals surface area (Å²) in [5, 5.41) is 0. The van der Waals surface area contributed by atoms with E-state index < -0.39 is 0 Å². The number of nitrogens with zero attached hydrogens (tertiary/aromatic N) is 4. The summed E-state index contributed by atoms with van der Waals surface area (Å²) in [6.07, 6.45) is 6.59. The molecule has 0 spiro atoms. The molecule has 0 radical (unpaired) electrons. The molecule has 28 heavy (non-hydrogen) atoms. The molecule has 0 saturated carbocycles. The van der Waals surface area contributed by atoms with Gasteiger partial charge in [-0.3, -0.25) is 4.90 Å². The van der Waals surface area contributed by atoms with Gasteiger partial charge in [0.2, 0.25) is 0 Å². The number of ether oxygens (including phenoxy) is 2. The van der Waals surface area contributed by atoms with E-state index in [1.165, 1.54) is 24.1 Å². The van der Waals surface area contributed by atoms with Gasteiger partial charge in [-0.1, -0.05) is 18.6 Å². The quantitative estimate of drug-likeness (QED) is 0.792. The van der Waals surface area contributed by atoms with Crippen LogP contribution in [0.2, 0.25) is 0 Å². The smallest absolute Gasteiger partial charge is 0.165 e. The lowest BCUT2D eigenvalue weighted by atomic mass is 9.99. The van der Waals surface area contributed by atoms with Gasteiger partial charge in [0.25, 0.3) is 0 Å². The highest BCUT2D eigenvalue weighted by Gasteiger charge is 2.28. The number of hydrogen-bond donors (Lipinski definition) is 0. The van der Waals surface area contributed by atoms with E-state index in [9.17, 15) is 0 Å². The maximum absolute atomic E-state index is 5.65. The number of hydrogen-bond acceptors (Lipinski definition) is 6. The van der Waals surface area contributed by atoms with Crippen molar-refractivity contribution < 1.29 is 9.47 Å². The Morgan fingerprint density at radius 2 is 2.04 bits per heavy atom. The molecule has 1 aromatic carbocycles. The second kappa shape index (κ2) is 8.45. The molecule has 0 amide bonds. The third-order valence-electron chi connectivity index (χ3n) is 5.91. The lowest BCUT2D eigenvalue weighted by molar-refractivity contribution is 0.131. The first-order valence-electron chi connectivity index (χ1n) is 10.2. The second-order valence-corrected chi connectivity index (χ2v) is 7.82. The zero-order chi connectivity index (χ0) is 19.5. The average Bonchev–Trinajstić information content (AvgIpc) is 2.73. The van der Waals surface area contributed by atoms with Crippen LogP contribution in [0, 0.1) is 0 Å². The lowest BCUT2D eigenvalue weighted by Gasteiger charge is -2.35. The van der Waals surface area contributed by atoms with Crippen molar-refractivity contribution in [1.29, 1.82) is 0 Å². The van der Waals surface area contributed by atoms with Crippen molar-refractivity contribution in [3.05, 3.63) is 47.0 Å². The van der Waals surface area contributed by atoms with Crippen LogP contribution in [-0.2, 0) is 19.5 Å². The van der Waals surface area contributed by atoms with E-state index in [4.69, 9.17) is 19.4 Å². The number of likely N-dealkylation sites (tertiary alicyclic amines) is 1. The van der Waals surface area contributed by atoms with Crippen LogP contribution in [0.1, 0.15) is 47.9 Å². The van der Waals surface area contributed by atoms with E-state index in [0.29, 0.717) is 0 Å². The normalized spacial score (nSPS) is 20.6. The summed E-state index contributed by atoms with van der Waals surface area (Å²) in [6.45, 7) is 3.88. The molecule has 2 aliphatic rings. The number of methoxy groups -OCH3 is 2. The van der Waals surface area contributed by atoms with E-state index in [0.717, 1.165) is 61.9 Å². The van der Waals surface area contributed by atoms with E-state index >= 15 is 0 Å². The van der Waals surface area contributed by atoms with Crippen molar-refractivity contribution in [2.24, 2.45) is 0 Å². The van der Waals surface area contributed by atoms with E-state index in [1.54, 1.807) is 14.2 Å². The van der Waals surface area contributed by atoms with Crippen molar-refractivity contribution >= 4 is 0 Å². The van der Waals surface area contributed by atoms with Gasteiger partial charge in [-0.05, 0) is 32.5 Å². The summed E-state index contributed by atoms with van der Waals surface area (Å²) in [5.41, 5.74) is 3.65. The maximum Gasteiger partial charge on any atom is 0.165 e. The summed E-state index contributed by atoms with van der Waals surface area (Å²) in [5.74, 6) is 2.58. The number of aromatic nitrogens is 2. The second-order valence-electron chi connectivity index (χ2n) is 7.82. The van der Waals surface area contributed by atoms with Crippen LogP contribution in [0.3, 0.4) is 0 Å². The van der Waals surface area contributed by atoms with Crippen molar-refractivity contribution in [3.8, 4) is 11.5 Å². The van der Waals surface area contributed by atoms with E-state index in [1.807, 2.05) is 18.3 Å². The van der Waals surface area contributed by atoms with Gasteiger partial charge in [-0.25, -0.2) is 9.97 Å². The van der Waals surface area contributed by atoms with Gasteiger partial charge in [0.05, 0.1) is 20.3 Å². The van der Waals surface area contributed by atoms with Crippen LogP contribution in [0.15, 0.2) is 24.4 Å². The topological polar surface area (TPSA) is 50.7 Å². The van der Waals surface area contributed by atoms with Gasteiger partial charge < -0.3 is 14.4 Å². The minimum atomic E-state index is 0.259. The zero-order valence-electron chi connectivity index (χ0n) is 17.1. The molecule has 3 heterocycles. The Morgan fingerprint density at radius 1 is 1.14 bits per heavy atom. The molecule has 2 aromatic rings. The number of likely N-dealkylation sites (N-methyl/N-ethyl adjacent to an activating group) is 1. The highest BCUT2D eigenvalue weighted by Crippen LogP contribution is 2.36. The average molecular weight is 383 g/mol. The Bertz CT molecular complexity index is 826. The molecule has 1 atom stereocenters. The number of para-hydroxylation sites is 1. The van der Waals surface area contributed by atoms with Gasteiger partial charge in [-0.15, -0.1) is 0 Å². The Hall–Kier alpha value is -2.18. The summed E-state index contributed by atoms with van der Waals surface area (Å²) in [6, 6.07) is 6.35. The predicted molar refractivity (Wildman–Crippen MR) is 109 cm³/mol. The molecule has 0 aliphatic carbocycles. The minimum Gasteiger partial charge on any atom is -0.493 e. The van der Waals surface area contributed by atoms with Gasteiger partial charge >= 0.3 is 0 Å². The summed E-state index contributed by atoms with van der Waals surface area (Å²) >= 11 is 0. The SMILES string of the molecule is COc1cccc(CN2CCCCC2c2ncc3c(n2)CCN(C)C3)c1OC. The third-order valence-corrected chi connectivity index (χ3v) is 5.91. The molecular formula is C22H30N4O2. The molecule has 4 rings (SSSR count).